The summed E-state index contributed by atoms with van der Waals surface area (Å²) in [5.41, 5.74) is 7.22. The van der Waals surface area contributed by atoms with Crippen molar-refractivity contribution in [2.24, 2.45) is 5.73 Å². The van der Waals surface area contributed by atoms with Gasteiger partial charge in [0.1, 0.15) is 4.99 Å². The van der Waals surface area contributed by atoms with Gasteiger partial charge in [-0.15, -0.1) is 0 Å². The normalized spacial score (nSPS) is 10.9. The Hall–Kier alpha value is -1.20. The highest BCUT2D eigenvalue weighted by molar-refractivity contribution is 7.80. The molecule has 0 saturated heterocycles. The molecule has 0 aliphatic carbocycles. The van der Waals surface area contributed by atoms with Crippen LogP contribution in [0.3, 0.4) is 0 Å². The Kier molecular flexibility index (Phi) is 6.01. The summed E-state index contributed by atoms with van der Waals surface area (Å²) in [6.07, 6.45) is 2.82. The van der Waals surface area contributed by atoms with Crippen molar-refractivity contribution < 1.29 is 0 Å². The predicted octanol–water partition coefficient (Wildman–Crippen LogP) is 1.86. The zero-order valence-electron chi connectivity index (χ0n) is 11.3. The van der Waals surface area contributed by atoms with Crippen molar-refractivity contribution in [3.63, 3.8) is 0 Å². The van der Waals surface area contributed by atoms with E-state index in [9.17, 15) is 0 Å². The van der Waals surface area contributed by atoms with Crippen molar-refractivity contribution in [3.05, 3.63) is 24.0 Å². The fraction of sp³-hybridized carbons (Fsp3) is 0.538. The van der Waals surface area contributed by atoms with E-state index in [1.54, 1.807) is 6.20 Å². The van der Waals surface area contributed by atoms with Crippen molar-refractivity contribution in [3.8, 4) is 0 Å². The summed E-state index contributed by atoms with van der Waals surface area (Å²) in [6, 6.07) is 4.40. The van der Waals surface area contributed by atoms with Gasteiger partial charge in [0.05, 0.1) is 5.69 Å². The number of nitrogens with one attached hydrogen (secondary N) is 1. The van der Waals surface area contributed by atoms with Crippen molar-refractivity contribution in [1.82, 2.24) is 9.88 Å². The van der Waals surface area contributed by atoms with Crippen LogP contribution in [0.25, 0.3) is 0 Å². The standard InChI is InChI=1S/C13H22N4S/c1-10(2)17(3)8-4-6-15-11-5-7-16-12(9-11)13(14)18/h5,7,9-10H,4,6,8H2,1-3H3,(H2,14,18)(H,15,16). The lowest BCUT2D eigenvalue weighted by Gasteiger charge is -2.20. The fourth-order valence-corrected chi connectivity index (χ4v) is 1.61. The summed E-state index contributed by atoms with van der Waals surface area (Å²) >= 11 is 4.90. The van der Waals surface area contributed by atoms with Crippen molar-refractivity contribution >= 4 is 22.9 Å². The van der Waals surface area contributed by atoms with Gasteiger partial charge in [-0.2, -0.15) is 0 Å². The number of hydrogen-bond acceptors (Lipinski definition) is 4. The first-order valence-corrected chi connectivity index (χ1v) is 6.61. The molecule has 4 nitrogen and oxygen atoms in total. The van der Waals surface area contributed by atoms with E-state index >= 15 is 0 Å². The number of rotatable bonds is 7. The Morgan fingerprint density at radius 3 is 2.89 bits per heavy atom. The van der Waals surface area contributed by atoms with Gasteiger partial charge < -0.3 is 16.0 Å². The topological polar surface area (TPSA) is 54.2 Å². The monoisotopic (exact) mass is 266 g/mol. The van der Waals surface area contributed by atoms with E-state index < -0.39 is 0 Å². The van der Waals surface area contributed by atoms with Crippen LogP contribution in [0, 0.1) is 0 Å². The minimum Gasteiger partial charge on any atom is -0.388 e. The van der Waals surface area contributed by atoms with E-state index in [1.165, 1.54) is 0 Å². The molecule has 0 aliphatic heterocycles. The lowest BCUT2D eigenvalue weighted by Crippen LogP contribution is -2.28. The van der Waals surface area contributed by atoms with Gasteiger partial charge in [-0.05, 0) is 46.0 Å². The minimum atomic E-state index is 0.332. The second-order valence-electron chi connectivity index (χ2n) is 4.65. The summed E-state index contributed by atoms with van der Waals surface area (Å²) in [4.78, 5) is 6.76. The van der Waals surface area contributed by atoms with Crippen LogP contribution in [0.4, 0.5) is 5.69 Å². The second-order valence-corrected chi connectivity index (χ2v) is 5.09. The average Bonchev–Trinajstić information content (AvgIpc) is 2.34. The third kappa shape index (κ3) is 4.98. The average molecular weight is 266 g/mol. The molecule has 1 heterocycles. The smallest absolute Gasteiger partial charge is 0.122 e. The molecule has 0 bridgehead atoms. The molecule has 3 N–H and O–H groups in total. The minimum absolute atomic E-state index is 0.332. The maximum absolute atomic E-state index is 5.54. The molecule has 18 heavy (non-hydrogen) atoms. The third-order valence-electron chi connectivity index (χ3n) is 2.91. The Bertz CT molecular complexity index is 392. The number of nitrogens with two attached hydrogens (primary N) is 1. The first-order chi connectivity index (χ1) is 8.50. The van der Waals surface area contributed by atoms with Gasteiger partial charge in [-0.25, -0.2) is 0 Å². The van der Waals surface area contributed by atoms with Crippen LogP contribution in [0.5, 0.6) is 0 Å². The fourth-order valence-electron chi connectivity index (χ4n) is 1.49. The summed E-state index contributed by atoms with van der Waals surface area (Å²) in [5, 5.41) is 3.35. The van der Waals surface area contributed by atoms with Crippen LogP contribution < -0.4 is 11.1 Å². The van der Waals surface area contributed by atoms with Crippen LogP contribution in [0.1, 0.15) is 26.0 Å². The molecular formula is C13H22N4S. The lowest BCUT2D eigenvalue weighted by atomic mass is 10.3. The Morgan fingerprint density at radius 2 is 2.28 bits per heavy atom. The van der Waals surface area contributed by atoms with E-state index in [1.807, 2.05) is 12.1 Å². The van der Waals surface area contributed by atoms with E-state index in [0.29, 0.717) is 16.7 Å². The van der Waals surface area contributed by atoms with Crippen LogP contribution in [-0.2, 0) is 0 Å². The summed E-state index contributed by atoms with van der Waals surface area (Å²) < 4.78 is 0. The lowest BCUT2D eigenvalue weighted by molar-refractivity contribution is 0.273. The zero-order chi connectivity index (χ0) is 13.5. The number of pyridine rings is 1. The summed E-state index contributed by atoms with van der Waals surface area (Å²) in [7, 11) is 2.14. The SMILES string of the molecule is CC(C)N(C)CCCNc1ccnc(C(N)=S)c1. The van der Waals surface area contributed by atoms with E-state index in [0.717, 1.165) is 25.2 Å². The van der Waals surface area contributed by atoms with E-state index in [-0.39, 0.29) is 0 Å². The number of thiocarbonyl (C=S) groups is 1. The molecule has 0 spiro atoms. The molecule has 100 valence electrons. The molecule has 0 amide bonds. The Balaban J connectivity index is 2.35. The molecule has 0 fully saturated rings. The quantitative estimate of drug-likeness (QED) is 0.583. The highest BCUT2D eigenvalue weighted by Gasteiger charge is 2.02. The highest BCUT2D eigenvalue weighted by Crippen LogP contribution is 2.08. The van der Waals surface area contributed by atoms with Crippen molar-refractivity contribution in [2.75, 3.05) is 25.5 Å². The van der Waals surface area contributed by atoms with Crippen LogP contribution >= 0.6 is 12.2 Å². The van der Waals surface area contributed by atoms with E-state index in [2.05, 4.69) is 36.1 Å². The molecule has 1 aromatic rings. The highest BCUT2D eigenvalue weighted by atomic mass is 32.1. The summed E-state index contributed by atoms with van der Waals surface area (Å²) in [5.74, 6) is 0. The molecule has 5 heteroatoms. The van der Waals surface area contributed by atoms with Gasteiger partial charge >= 0.3 is 0 Å². The molecule has 1 rings (SSSR count). The first-order valence-electron chi connectivity index (χ1n) is 6.20. The second kappa shape index (κ2) is 7.28. The van der Waals surface area contributed by atoms with Crippen molar-refractivity contribution in [1.29, 1.82) is 0 Å². The Labute approximate surface area is 115 Å². The predicted molar refractivity (Wildman–Crippen MR) is 81.0 cm³/mol. The zero-order valence-corrected chi connectivity index (χ0v) is 12.1. The number of hydrogen-bond donors (Lipinski definition) is 2. The molecular weight excluding hydrogens is 244 g/mol. The maximum atomic E-state index is 5.54. The van der Waals surface area contributed by atoms with E-state index in [4.69, 9.17) is 18.0 Å². The number of aromatic nitrogens is 1. The number of anilines is 1. The molecule has 0 saturated carbocycles. The van der Waals surface area contributed by atoms with Gasteiger partial charge in [0, 0.05) is 24.5 Å². The molecule has 0 radical (unpaired) electrons. The largest absolute Gasteiger partial charge is 0.388 e. The first kappa shape index (κ1) is 14.9. The van der Waals surface area contributed by atoms with Gasteiger partial charge in [0.2, 0.25) is 0 Å². The third-order valence-corrected chi connectivity index (χ3v) is 3.12. The van der Waals surface area contributed by atoms with Gasteiger partial charge in [0.25, 0.3) is 0 Å². The molecule has 0 aliphatic rings. The van der Waals surface area contributed by atoms with Crippen molar-refractivity contribution in [2.45, 2.75) is 26.3 Å². The Morgan fingerprint density at radius 1 is 1.56 bits per heavy atom. The van der Waals surface area contributed by atoms with Gasteiger partial charge in [0.15, 0.2) is 0 Å². The van der Waals surface area contributed by atoms with Crippen LogP contribution in [-0.4, -0.2) is 41.1 Å². The molecule has 1 aromatic heterocycles. The van der Waals surface area contributed by atoms with Crippen LogP contribution in [0.2, 0.25) is 0 Å². The number of nitrogens with zero attached hydrogens (tertiary/aromatic N) is 2. The van der Waals surface area contributed by atoms with Crippen LogP contribution in [0.15, 0.2) is 18.3 Å². The molecule has 0 atom stereocenters. The molecule has 0 unspecified atom stereocenters. The van der Waals surface area contributed by atoms with Gasteiger partial charge in [-0.3, -0.25) is 4.98 Å². The molecule has 0 aromatic carbocycles. The maximum Gasteiger partial charge on any atom is 0.122 e. The van der Waals surface area contributed by atoms with Gasteiger partial charge in [-0.1, -0.05) is 12.2 Å². The summed E-state index contributed by atoms with van der Waals surface area (Å²) in [6.45, 7) is 6.41.